The molecule has 0 N–H and O–H groups in total. The Morgan fingerprint density at radius 1 is 1.21 bits per heavy atom. The summed E-state index contributed by atoms with van der Waals surface area (Å²) < 4.78 is 35.8. The van der Waals surface area contributed by atoms with Crippen LogP contribution in [0.4, 0.5) is 18.9 Å². The molecule has 1 heterocycles. The maximum absolute atomic E-state index is 11.9. The quantitative estimate of drug-likeness (QED) is 0.695. The molecule has 0 aliphatic carbocycles. The molecule has 0 atom stereocenters. The fourth-order valence-corrected chi connectivity index (χ4v) is 1.53. The molecular formula is C9H8F3NO. The summed E-state index contributed by atoms with van der Waals surface area (Å²) in [6, 6.07) is 6.91. The Bertz CT molecular complexity index is 337. The van der Waals surface area contributed by atoms with Gasteiger partial charge in [-0.2, -0.15) is 4.84 Å². The van der Waals surface area contributed by atoms with Crippen LogP contribution in [-0.4, -0.2) is 12.9 Å². The van der Waals surface area contributed by atoms with Gasteiger partial charge in [0.05, 0.1) is 12.2 Å². The number of para-hydroxylation sites is 1. The minimum Gasteiger partial charge on any atom is -0.245 e. The average molecular weight is 203 g/mol. The molecule has 0 saturated carbocycles. The molecule has 0 fully saturated rings. The third kappa shape index (κ3) is 1.82. The highest BCUT2D eigenvalue weighted by Gasteiger charge is 2.35. The van der Waals surface area contributed by atoms with Crippen LogP contribution in [0, 0.1) is 0 Å². The van der Waals surface area contributed by atoms with E-state index in [-0.39, 0.29) is 6.54 Å². The highest BCUT2D eigenvalue weighted by molar-refractivity contribution is 5.55. The number of hydrogen-bond acceptors (Lipinski definition) is 2. The van der Waals surface area contributed by atoms with Crippen LogP contribution in [0.15, 0.2) is 24.3 Å². The maximum atomic E-state index is 11.9. The number of hydroxylamine groups is 1. The lowest BCUT2D eigenvalue weighted by atomic mass is 10.2. The van der Waals surface area contributed by atoms with Gasteiger partial charge < -0.3 is 0 Å². The minimum absolute atomic E-state index is 0.249. The third-order valence-corrected chi connectivity index (χ3v) is 2.06. The van der Waals surface area contributed by atoms with Crippen molar-refractivity contribution in [3.05, 3.63) is 29.8 Å². The molecule has 0 spiro atoms. The summed E-state index contributed by atoms with van der Waals surface area (Å²) in [4.78, 5) is 3.86. The van der Waals surface area contributed by atoms with Gasteiger partial charge in [-0.3, -0.25) is 0 Å². The number of benzene rings is 1. The van der Waals surface area contributed by atoms with E-state index in [0.717, 1.165) is 10.6 Å². The monoisotopic (exact) mass is 203 g/mol. The number of hydrogen-bond donors (Lipinski definition) is 0. The van der Waals surface area contributed by atoms with Crippen LogP contribution in [0.25, 0.3) is 0 Å². The van der Waals surface area contributed by atoms with Gasteiger partial charge in [0.25, 0.3) is 0 Å². The van der Waals surface area contributed by atoms with Gasteiger partial charge in [-0.15, -0.1) is 13.2 Å². The molecule has 0 saturated heterocycles. The van der Waals surface area contributed by atoms with Crippen LogP contribution >= 0.6 is 0 Å². The highest BCUT2D eigenvalue weighted by Crippen LogP contribution is 2.31. The third-order valence-electron chi connectivity index (χ3n) is 2.06. The fourth-order valence-electron chi connectivity index (χ4n) is 1.53. The van der Waals surface area contributed by atoms with Gasteiger partial charge in [-0.1, -0.05) is 18.2 Å². The SMILES string of the molecule is FC(F)(F)ON1CCc2ccccc21. The first kappa shape index (κ1) is 9.33. The van der Waals surface area contributed by atoms with Crippen LogP contribution in [0.1, 0.15) is 5.56 Å². The first-order valence-corrected chi connectivity index (χ1v) is 4.17. The molecule has 0 unspecified atom stereocenters. The Kier molecular flexibility index (Phi) is 2.11. The summed E-state index contributed by atoms with van der Waals surface area (Å²) in [6.45, 7) is 0.249. The Hall–Kier alpha value is -1.23. The topological polar surface area (TPSA) is 12.5 Å². The zero-order valence-electron chi connectivity index (χ0n) is 7.21. The van der Waals surface area contributed by atoms with Gasteiger partial charge in [-0.25, -0.2) is 5.06 Å². The first-order valence-electron chi connectivity index (χ1n) is 4.17. The zero-order chi connectivity index (χ0) is 10.2. The summed E-state index contributed by atoms with van der Waals surface area (Å²) in [5, 5.41) is 0.884. The normalized spacial score (nSPS) is 15.8. The molecule has 1 aromatic rings. The highest BCUT2D eigenvalue weighted by atomic mass is 19.4. The van der Waals surface area contributed by atoms with Gasteiger partial charge in [0.15, 0.2) is 0 Å². The van der Waals surface area contributed by atoms with Crippen LogP contribution in [0.3, 0.4) is 0 Å². The van der Waals surface area contributed by atoms with E-state index in [1.54, 1.807) is 24.3 Å². The van der Waals surface area contributed by atoms with Crippen molar-refractivity contribution in [1.29, 1.82) is 0 Å². The largest absolute Gasteiger partial charge is 0.544 e. The van der Waals surface area contributed by atoms with E-state index in [2.05, 4.69) is 4.84 Å². The molecule has 2 nitrogen and oxygen atoms in total. The average Bonchev–Trinajstić information content (AvgIpc) is 2.47. The summed E-state index contributed by atoms with van der Waals surface area (Å²) in [6.07, 6.45) is -4.02. The Morgan fingerprint density at radius 2 is 1.93 bits per heavy atom. The lowest BCUT2D eigenvalue weighted by Gasteiger charge is -2.19. The van der Waals surface area contributed by atoms with Crippen molar-refractivity contribution in [3.63, 3.8) is 0 Å². The number of fused-ring (bicyclic) bond motifs is 1. The molecule has 1 aliphatic rings. The minimum atomic E-state index is -4.61. The Morgan fingerprint density at radius 3 is 2.64 bits per heavy atom. The molecule has 76 valence electrons. The van der Waals surface area contributed by atoms with Crippen molar-refractivity contribution in [1.82, 2.24) is 0 Å². The van der Waals surface area contributed by atoms with E-state index < -0.39 is 6.36 Å². The number of rotatable bonds is 1. The maximum Gasteiger partial charge on any atom is 0.544 e. The van der Waals surface area contributed by atoms with E-state index in [4.69, 9.17) is 0 Å². The smallest absolute Gasteiger partial charge is 0.245 e. The standard InChI is InChI=1S/C9H8F3NO/c10-9(11,12)14-13-6-5-7-3-1-2-4-8(7)13/h1-4H,5-6H2. The molecule has 2 rings (SSSR count). The Labute approximate surface area is 78.8 Å². The molecule has 0 amide bonds. The van der Waals surface area contributed by atoms with E-state index in [1.165, 1.54) is 0 Å². The molecule has 5 heteroatoms. The predicted molar refractivity (Wildman–Crippen MR) is 44.6 cm³/mol. The molecule has 0 bridgehead atoms. The number of halogens is 3. The summed E-state index contributed by atoms with van der Waals surface area (Å²) in [5.74, 6) is 0. The lowest BCUT2D eigenvalue weighted by molar-refractivity contribution is -0.329. The van der Waals surface area contributed by atoms with Crippen molar-refractivity contribution in [2.24, 2.45) is 0 Å². The predicted octanol–water partition coefficient (Wildman–Crippen LogP) is 2.50. The fraction of sp³-hybridized carbons (Fsp3) is 0.333. The second-order valence-electron chi connectivity index (χ2n) is 3.02. The van der Waals surface area contributed by atoms with E-state index in [0.29, 0.717) is 12.1 Å². The number of anilines is 1. The molecule has 14 heavy (non-hydrogen) atoms. The zero-order valence-corrected chi connectivity index (χ0v) is 7.21. The molecule has 0 radical (unpaired) electrons. The number of alkyl halides is 3. The van der Waals surface area contributed by atoms with Crippen molar-refractivity contribution in [2.75, 3.05) is 11.6 Å². The van der Waals surface area contributed by atoms with Crippen LogP contribution in [0.2, 0.25) is 0 Å². The van der Waals surface area contributed by atoms with Gasteiger partial charge in [0, 0.05) is 0 Å². The van der Waals surface area contributed by atoms with E-state index in [9.17, 15) is 13.2 Å². The first-order chi connectivity index (χ1) is 6.56. The molecule has 1 aliphatic heterocycles. The Balaban J connectivity index is 2.18. The van der Waals surface area contributed by atoms with Crippen molar-refractivity contribution >= 4 is 5.69 Å². The van der Waals surface area contributed by atoms with Crippen molar-refractivity contribution in [3.8, 4) is 0 Å². The van der Waals surface area contributed by atoms with Gasteiger partial charge in [0.2, 0.25) is 0 Å². The molecular weight excluding hydrogens is 195 g/mol. The summed E-state index contributed by atoms with van der Waals surface area (Å²) >= 11 is 0. The van der Waals surface area contributed by atoms with Gasteiger partial charge in [0.1, 0.15) is 0 Å². The second-order valence-corrected chi connectivity index (χ2v) is 3.02. The van der Waals surface area contributed by atoms with Crippen LogP contribution < -0.4 is 5.06 Å². The lowest BCUT2D eigenvalue weighted by Crippen LogP contribution is -2.29. The van der Waals surface area contributed by atoms with Crippen LogP contribution in [-0.2, 0) is 11.3 Å². The number of nitrogens with zero attached hydrogens (tertiary/aromatic N) is 1. The van der Waals surface area contributed by atoms with Crippen molar-refractivity contribution < 1.29 is 18.0 Å². The van der Waals surface area contributed by atoms with Gasteiger partial charge >= 0.3 is 6.36 Å². The second kappa shape index (κ2) is 3.16. The summed E-state index contributed by atoms with van der Waals surface area (Å²) in [5.41, 5.74) is 1.39. The van der Waals surface area contributed by atoms with E-state index >= 15 is 0 Å². The summed E-state index contributed by atoms with van der Waals surface area (Å²) in [7, 11) is 0. The van der Waals surface area contributed by atoms with Crippen LogP contribution in [0.5, 0.6) is 0 Å². The molecule has 0 aromatic heterocycles. The van der Waals surface area contributed by atoms with Gasteiger partial charge in [-0.05, 0) is 18.1 Å². The molecule has 1 aromatic carbocycles. The van der Waals surface area contributed by atoms with Crippen molar-refractivity contribution in [2.45, 2.75) is 12.8 Å². The van der Waals surface area contributed by atoms with E-state index in [1.807, 2.05) is 0 Å².